The van der Waals surface area contributed by atoms with Crippen molar-refractivity contribution in [1.29, 1.82) is 0 Å². The van der Waals surface area contributed by atoms with Gasteiger partial charge in [0.15, 0.2) is 0 Å². The molecule has 0 aliphatic heterocycles. The normalized spacial score (nSPS) is 13.9. The highest BCUT2D eigenvalue weighted by molar-refractivity contribution is 4.69. The number of nitrogens with zero attached hydrogens (tertiary/aromatic N) is 1. The van der Waals surface area contributed by atoms with Gasteiger partial charge >= 0.3 is 0 Å². The van der Waals surface area contributed by atoms with Gasteiger partial charge in [-0.25, -0.2) is 0 Å². The Morgan fingerprint density at radius 3 is 2.36 bits per heavy atom. The van der Waals surface area contributed by atoms with E-state index in [9.17, 15) is 0 Å². The third-order valence-electron chi connectivity index (χ3n) is 2.05. The maximum absolute atomic E-state index is 8.73. The van der Waals surface area contributed by atoms with Crippen molar-refractivity contribution in [2.24, 2.45) is 5.73 Å². The van der Waals surface area contributed by atoms with Gasteiger partial charge < -0.3 is 10.8 Å². The van der Waals surface area contributed by atoms with Crippen molar-refractivity contribution < 1.29 is 5.11 Å². The minimum Gasteiger partial charge on any atom is -0.395 e. The molecule has 0 spiro atoms. The van der Waals surface area contributed by atoms with Gasteiger partial charge in [0.1, 0.15) is 0 Å². The minimum absolute atomic E-state index is 0.227. The lowest BCUT2D eigenvalue weighted by atomic mass is 10.2. The van der Waals surface area contributed by atoms with Gasteiger partial charge in [-0.1, -0.05) is 13.8 Å². The highest BCUT2D eigenvalue weighted by Gasteiger charge is 2.11. The number of aliphatic hydroxyl groups is 1. The lowest BCUT2D eigenvalue weighted by molar-refractivity contribution is 0.156. The topological polar surface area (TPSA) is 49.5 Å². The monoisotopic (exact) mass is 160 g/mol. The van der Waals surface area contributed by atoms with E-state index in [2.05, 4.69) is 18.7 Å². The van der Waals surface area contributed by atoms with E-state index in [-0.39, 0.29) is 6.61 Å². The molecule has 0 aromatic heterocycles. The van der Waals surface area contributed by atoms with Crippen molar-refractivity contribution in [1.82, 2.24) is 4.90 Å². The van der Waals surface area contributed by atoms with Gasteiger partial charge in [-0.15, -0.1) is 0 Å². The molecule has 0 saturated carbocycles. The summed E-state index contributed by atoms with van der Waals surface area (Å²) >= 11 is 0. The largest absolute Gasteiger partial charge is 0.395 e. The third-order valence-corrected chi connectivity index (χ3v) is 2.05. The van der Waals surface area contributed by atoms with Crippen molar-refractivity contribution >= 4 is 0 Å². The maximum Gasteiger partial charge on any atom is 0.0558 e. The molecule has 11 heavy (non-hydrogen) atoms. The molecule has 0 saturated heterocycles. The maximum atomic E-state index is 8.73. The fourth-order valence-electron chi connectivity index (χ4n) is 1.30. The summed E-state index contributed by atoms with van der Waals surface area (Å²) in [7, 11) is 0. The van der Waals surface area contributed by atoms with Crippen LogP contribution in [-0.4, -0.2) is 42.3 Å². The van der Waals surface area contributed by atoms with Gasteiger partial charge in [0, 0.05) is 19.1 Å². The van der Waals surface area contributed by atoms with Gasteiger partial charge in [-0.2, -0.15) is 0 Å². The second-order valence-corrected chi connectivity index (χ2v) is 2.65. The summed E-state index contributed by atoms with van der Waals surface area (Å²) in [6, 6.07) is 0.437. The van der Waals surface area contributed by atoms with Crippen LogP contribution in [-0.2, 0) is 0 Å². The molecule has 0 aromatic carbocycles. The van der Waals surface area contributed by atoms with Crippen molar-refractivity contribution in [3.05, 3.63) is 0 Å². The Morgan fingerprint density at radius 1 is 1.45 bits per heavy atom. The molecule has 0 rings (SSSR count). The van der Waals surface area contributed by atoms with Crippen LogP contribution in [0.25, 0.3) is 0 Å². The lowest BCUT2D eigenvalue weighted by Crippen LogP contribution is -2.41. The average molecular weight is 160 g/mol. The van der Waals surface area contributed by atoms with Crippen molar-refractivity contribution in [3.8, 4) is 0 Å². The fraction of sp³-hybridized carbons (Fsp3) is 1.00. The van der Waals surface area contributed by atoms with Crippen LogP contribution in [0.3, 0.4) is 0 Å². The van der Waals surface area contributed by atoms with Crippen LogP contribution in [0.2, 0.25) is 0 Å². The molecule has 0 radical (unpaired) electrons. The Kier molecular flexibility index (Phi) is 6.51. The number of nitrogens with two attached hydrogens (primary N) is 1. The third kappa shape index (κ3) is 3.70. The number of likely N-dealkylation sites (N-methyl/N-ethyl adjacent to an activating group) is 1. The Morgan fingerprint density at radius 2 is 2.09 bits per heavy atom. The van der Waals surface area contributed by atoms with Crippen molar-refractivity contribution in [3.63, 3.8) is 0 Å². The van der Waals surface area contributed by atoms with E-state index in [1.165, 1.54) is 0 Å². The highest BCUT2D eigenvalue weighted by Crippen LogP contribution is 2.00. The number of hydrogen-bond donors (Lipinski definition) is 2. The molecular formula is C8H20N2O. The van der Waals surface area contributed by atoms with Gasteiger partial charge in [0.05, 0.1) is 6.61 Å². The molecule has 0 aliphatic carbocycles. The number of hydrogen-bond acceptors (Lipinski definition) is 3. The zero-order valence-corrected chi connectivity index (χ0v) is 7.58. The van der Waals surface area contributed by atoms with Gasteiger partial charge in [-0.3, -0.25) is 4.90 Å². The molecule has 3 heteroatoms. The second kappa shape index (κ2) is 6.58. The van der Waals surface area contributed by atoms with Gasteiger partial charge in [0.25, 0.3) is 0 Å². The summed E-state index contributed by atoms with van der Waals surface area (Å²) in [5, 5.41) is 8.73. The van der Waals surface area contributed by atoms with Crippen molar-refractivity contribution in [2.75, 3.05) is 26.2 Å². The van der Waals surface area contributed by atoms with E-state index >= 15 is 0 Å². The van der Waals surface area contributed by atoms with E-state index in [1.807, 2.05) is 0 Å². The molecule has 0 aliphatic rings. The zero-order chi connectivity index (χ0) is 8.69. The Bertz CT molecular complexity index is 84.2. The first-order valence-electron chi connectivity index (χ1n) is 4.35. The summed E-state index contributed by atoms with van der Waals surface area (Å²) in [4.78, 5) is 2.21. The summed E-state index contributed by atoms with van der Waals surface area (Å²) in [5.74, 6) is 0. The molecule has 0 aromatic rings. The second-order valence-electron chi connectivity index (χ2n) is 2.65. The van der Waals surface area contributed by atoms with Crippen LogP contribution in [0, 0.1) is 0 Å². The van der Waals surface area contributed by atoms with Gasteiger partial charge in [0.2, 0.25) is 0 Å². The van der Waals surface area contributed by atoms with Crippen LogP contribution in [0.5, 0.6) is 0 Å². The average Bonchev–Trinajstić information content (AvgIpc) is 2.05. The van der Waals surface area contributed by atoms with E-state index in [4.69, 9.17) is 10.8 Å². The predicted molar refractivity (Wildman–Crippen MR) is 47.5 cm³/mol. The molecular weight excluding hydrogens is 140 g/mol. The van der Waals surface area contributed by atoms with Crippen LogP contribution in [0.15, 0.2) is 0 Å². The van der Waals surface area contributed by atoms with Crippen LogP contribution in [0.4, 0.5) is 0 Å². The first-order chi connectivity index (χ1) is 5.29. The first-order valence-corrected chi connectivity index (χ1v) is 4.35. The molecule has 0 bridgehead atoms. The molecule has 3 nitrogen and oxygen atoms in total. The summed E-state index contributed by atoms with van der Waals surface area (Å²) in [6.45, 7) is 6.84. The Hall–Kier alpha value is -0.120. The summed E-state index contributed by atoms with van der Waals surface area (Å²) in [6.07, 6.45) is 1.06. The molecule has 68 valence electrons. The minimum atomic E-state index is 0.227. The molecule has 1 atom stereocenters. The van der Waals surface area contributed by atoms with E-state index in [0.717, 1.165) is 19.5 Å². The predicted octanol–water partition coefficient (Wildman–Crippen LogP) is 0.0379. The standard InChI is InChI=1S/C8H20N2O/c1-3-8(7-9)10(4-2)5-6-11/h8,11H,3-7,9H2,1-2H3. The molecule has 0 fully saturated rings. The SMILES string of the molecule is CCC(CN)N(CC)CCO. The first kappa shape index (κ1) is 10.9. The quantitative estimate of drug-likeness (QED) is 0.576. The lowest BCUT2D eigenvalue weighted by Gasteiger charge is -2.27. The van der Waals surface area contributed by atoms with Crippen LogP contribution in [0.1, 0.15) is 20.3 Å². The fourth-order valence-corrected chi connectivity index (χ4v) is 1.30. The van der Waals surface area contributed by atoms with Crippen LogP contribution >= 0.6 is 0 Å². The Labute approximate surface area is 69.2 Å². The van der Waals surface area contributed by atoms with Gasteiger partial charge in [-0.05, 0) is 13.0 Å². The van der Waals surface area contributed by atoms with Crippen LogP contribution < -0.4 is 5.73 Å². The molecule has 1 unspecified atom stereocenters. The zero-order valence-electron chi connectivity index (χ0n) is 7.58. The Balaban J connectivity index is 3.76. The highest BCUT2D eigenvalue weighted by atomic mass is 16.3. The number of rotatable bonds is 6. The smallest absolute Gasteiger partial charge is 0.0558 e. The van der Waals surface area contributed by atoms with Crippen molar-refractivity contribution in [2.45, 2.75) is 26.3 Å². The summed E-state index contributed by atoms with van der Waals surface area (Å²) < 4.78 is 0. The van der Waals surface area contributed by atoms with E-state index in [0.29, 0.717) is 12.6 Å². The summed E-state index contributed by atoms with van der Waals surface area (Å²) in [5.41, 5.74) is 5.57. The van der Waals surface area contributed by atoms with E-state index < -0.39 is 0 Å². The molecule has 0 heterocycles. The molecule has 3 N–H and O–H groups in total. The molecule has 0 amide bonds. The number of aliphatic hydroxyl groups excluding tert-OH is 1. The van der Waals surface area contributed by atoms with E-state index in [1.54, 1.807) is 0 Å².